The molecule has 2 fully saturated rings. The third-order valence-corrected chi connectivity index (χ3v) is 5.50. The molecular weight excluding hydrogens is 320 g/mol. The Bertz CT molecular complexity index is 550. The summed E-state index contributed by atoms with van der Waals surface area (Å²) in [6.45, 7) is 2.52. The molecule has 0 unspecified atom stereocenters. The van der Waals surface area contributed by atoms with E-state index in [9.17, 15) is 5.11 Å². The average Bonchev–Trinajstić information content (AvgIpc) is 3.08. The van der Waals surface area contributed by atoms with E-state index >= 15 is 0 Å². The summed E-state index contributed by atoms with van der Waals surface area (Å²) in [5, 5.41) is 9.83. The normalized spacial score (nSPS) is 27.4. The number of hydrogen-bond acceptors (Lipinski definition) is 5. The predicted molar refractivity (Wildman–Crippen MR) is 97.4 cm³/mol. The van der Waals surface area contributed by atoms with Crippen LogP contribution in [-0.4, -0.2) is 62.2 Å². The Morgan fingerprint density at radius 1 is 1.08 bits per heavy atom. The maximum atomic E-state index is 9.83. The van der Waals surface area contributed by atoms with Gasteiger partial charge in [-0.15, -0.1) is 0 Å². The highest BCUT2D eigenvalue weighted by Crippen LogP contribution is 2.30. The molecule has 5 heteroatoms. The number of rotatable bonds is 7. The van der Waals surface area contributed by atoms with Crippen molar-refractivity contribution in [3.8, 4) is 11.5 Å². The fourth-order valence-corrected chi connectivity index (χ4v) is 4.12. The first-order chi connectivity index (χ1) is 12.2. The molecule has 1 aliphatic carbocycles. The number of likely N-dealkylation sites (tertiary alicyclic amines) is 1. The zero-order chi connectivity index (χ0) is 17.6. The minimum atomic E-state index is -0.158. The number of aliphatic hydroxyl groups excluding tert-OH is 1. The van der Waals surface area contributed by atoms with Gasteiger partial charge in [-0.05, 0) is 43.4 Å². The van der Waals surface area contributed by atoms with Crippen molar-refractivity contribution in [1.29, 1.82) is 0 Å². The second-order valence-corrected chi connectivity index (χ2v) is 7.14. The summed E-state index contributed by atoms with van der Waals surface area (Å²) in [6, 6.07) is 6.51. The Hall–Kier alpha value is -1.30. The largest absolute Gasteiger partial charge is 0.493 e. The van der Waals surface area contributed by atoms with Gasteiger partial charge in [-0.3, -0.25) is 4.90 Å². The van der Waals surface area contributed by atoms with Crippen molar-refractivity contribution < 1.29 is 19.3 Å². The summed E-state index contributed by atoms with van der Waals surface area (Å²) < 4.78 is 16.9. The van der Waals surface area contributed by atoms with Crippen LogP contribution in [0.5, 0.6) is 11.5 Å². The number of aliphatic hydroxyl groups is 1. The number of benzene rings is 1. The summed E-state index contributed by atoms with van der Waals surface area (Å²) in [4.78, 5) is 2.44. The molecule has 1 saturated heterocycles. The van der Waals surface area contributed by atoms with Crippen LogP contribution in [-0.2, 0) is 11.2 Å². The van der Waals surface area contributed by atoms with Gasteiger partial charge in [0.2, 0.25) is 0 Å². The smallest absolute Gasteiger partial charge is 0.160 e. The molecule has 1 aromatic rings. The van der Waals surface area contributed by atoms with Crippen LogP contribution in [0, 0.1) is 0 Å². The molecule has 1 aliphatic heterocycles. The van der Waals surface area contributed by atoms with E-state index in [-0.39, 0.29) is 6.10 Å². The summed E-state index contributed by atoms with van der Waals surface area (Å²) in [6.07, 6.45) is 6.73. The molecule has 0 spiro atoms. The van der Waals surface area contributed by atoms with Gasteiger partial charge in [-0.1, -0.05) is 18.9 Å². The quantitative estimate of drug-likeness (QED) is 0.766. The summed E-state index contributed by atoms with van der Waals surface area (Å²) in [7, 11) is 3.31. The van der Waals surface area contributed by atoms with Crippen molar-refractivity contribution in [2.45, 2.75) is 56.8 Å². The van der Waals surface area contributed by atoms with Gasteiger partial charge in [0.1, 0.15) is 0 Å². The molecule has 140 valence electrons. The Morgan fingerprint density at radius 2 is 1.88 bits per heavy atom. The van der Waals surface area contributed by atoms with Gasteiger partial charge in [0.15, 0.2) is 11.5 Å². The van der Waals surface area contributed by atoms with Crippen molar-refractivity contribution in [2.75, 3.05) is 33.9 Å². The second kappa shape index (κ2) is 8.88. The predicted octanol–water partition coefficient (Wildman–Crippen LogP) is 2.64. The van der Waals surface area contributed by atoms with E-state index in [1.165, 1.54) is 24.8 Å². The summed E-state index contributed by atoms with van der Waals surface area (Å²) in [5.74, 6) is 1.52. The SMILES string of the molecule is [13CH3]Oc1ccc(CCO[C@@H]2CCCC[C@H]2N2CC[C@@H](O)C2)cc1O[13CH3]. The van der Waals surface area contributed by atoms with E-state index in [1.54, 1.807) is 14.2 Å². The molecule has 0 amide bonds. The molecule has 2 aliphatic rings. The topological polar surface area (TPSA) is 51.2 Å². The zero-order valence-electron chi connectivity index (χ0n) is 15.4. The third-order valence-electron chi connectivity index (χ3n) is 5.50. The minimum Gasteiger partial charge on any atom is -0.493 e. The lowest BCUT2D eigenvalue weighted by Gasteiger charge is -2.37. The van der Waals surface area contributed by atoms with Crippen LogP contribution >= 0.6 is 0 Å². The first kappa shape index (κ1) is 18.5. The Labute approximate surface area is 150 Å². The molecule has 0 aromatic heterocycles. The van der Waals surface area contributed by atoms with Crippen molar-refractivity contribution in [1.82, 2.24) is 4.90 Å². The standard InChI is InChI=1S/C20H31NO4/c1-23-19-8-7-15(13-20(19)24-2)10-12-25-18-6-4-3-5-17(18)21-11-9-16(22)14-21/h7-8,13,16-18,22H,3-6,9-12,14H2,1-2H3/t16-,17-,18-/m1/s1/i1+1,2+1. The highest BCUT2D eigenvalue weighted by atomic mass is 16.6. The summed E-state index contributed by atoms with van der Waals surface area (Å²) >= 11 is 0. The molecule has 1 saturated carbocycles. The molecule has 5 nitrogen and oxygen atoms in total. The molecule has 1 heterocycles. The number of hydrogen-bond donors (Lipinski definition) is 1. The van der Waals surface area contributed by atoms with E-state index in [2.05, 4.69) is 11.0 Å². The minimum absolute atomic E-state index is 0.158. The zero-order valence-corrected chi connectivity index (χ0v) is 15.4. The van der Waals surface area contributed by atoms with Gasteiger partial charge < -0.3 is 19.3 Å². The van der Waals surface area contributed by atoms with Gasteiger partial charge in [-0.25, -0.2) is 0 Å². The first-order valence-corrected chi connectivity index (χ1v) is 9.46. The number of ether oxygens (including phenoxy) is 3. The molecule has 25 heavy (non-hydrogen) atoms. The fraction of sp³-hybridized carbons (Fsp3) is 0.700. The summed E-state index contributed by atoms with van der Waals surface area (Å²) in [5.41, 5.74) is 1.20. The lowest BCUT2D eigenvalue weighted by Crippen LogP contribution is -2.46. The molecule has 1 aromatic carbocycles. The van der Waals surface area contributed by atoms with Crippen LogP contribution in [0.2, 0.25) is 0 Å². The molecule has 1 N–H and O–H groups in total. The monoisotopic (exact) mass is 351 g/mol. The number of methoxy groups -OCH3 is 2. The van der Waals surface area contributed by atoms with Crippen LogP contribution < -0.4 is 9.47 Å². The van der Waals surface area contributed by atoms with Crippen LogP contribution in [0.1, 0.15) is 37.7 Å². The Balaban J connectivity index is 1.53. The number of β-amino-alcohol motifs (C(OH)–C–C–N with tert-alkyl or cyclic N) is 1. The molecule has 0 radical (unpaired) electrons. The first-order valence-electron chi connectivity index (χ1n) is 9.46. The highest BCUT2D eigenvalue weighted by molar-refractivity contribution is 5.42. The van der Waals surface area contributed by atoms with E-state index < -0.39 is 0 Å². The maximum absolute atomic E-state index is 9.83. The second-order valence-electron chi connectivity index (χ2n) is 7.14. The van der Waals surface area contributed by atoms with Gasteiger partial charge in [0, 0.05) is 19.1 Å². The Morgan fingerprint density at radius 3 is 2.60 bits per heavy atom. The molecule has 0 bridgehead atoms. The number of nitrogens with zero attached hydrogens (tertiary/aromatic N) is 1. The molecule has 3 rings (SSSR count). The fourth-order valence-electron chi connectivity index (χ4n) is 4.12. The maximum Gasteiger partial charge on any atom is 0.160 e. The van der Waals surface area contributed by atoms with Crippen LogP contribution in [0.25, 0.3) is 0 Å². The van der Waals surface area contributed by atoms with Crippen molar-refractivity contribution in [3.05, 3.63) is 23.8 Å². The van der Waals surface area contributed by atoms with E-state index in [0.29, 0.717) is 18.8 Å². The van der Waals surface area contributed by atoms with E-state index in [0.717, 1.165) is 43.9 Å². The molecular formula is C20H31NO4. The van der Waals surface area contributed by atoms with Gasteiger partial charge in [-0.2, -0.15) is 0 Å². The third kappa shape index (κ3) is 4.66. The van der Waals surface area contributed by atoms with Crippen molar-refractivity contribution in [2.24, 2.45) is 0 Å². The van der Waals surface area contributed by atoms with E-state index in [4.69, 9.17) is 14.2 Å². The van der Waals surface area contributed by atoms with Crippen molar-refractivity contribution in [3.63, 3.8) is 0 Å². The Kier molecular flexibility index (Phi) is 6.57. The van der Waals surface area contributed by atoms with Crippen molar-refractivity contribution >= 4 is 0 Å². The van der Waals surface area contributed by atoms with Gasteiger partial charge in [0.05, 0.1) is 33.0 Å². The highest BCUT2D eigenvalue weighted by Gasteiger charge is 2.34. The lowest BCUT2D eigenvalue weighted by atomic mass is 9.91. The van der Waals surface area contributed by atoms with Crippen LogP contribution in [0.3, 0.4) is 0 Å². The van der Waals surface area contributed by atoms with Crippen LogP contribution in [0.4, 0.5) is 0 Å². The average molecular weight is 351 g/mol. The van der Waals surface area contributed by atoms with Crippen LogP contribution in [0.15, 0.2) is 18.2 Å². The molecule has 3 atom stereocenters. The van der Waals surface area contributed by atoms with E-state index in [1.807, 2.05) is 12.1 Å². The van der Waals surface area contributed by atoms with Gasteiger partial charge >= 0.3 is 0 Å². The van der Waals surface area contributed by atoms with Gasteiger partial charge in [0.25, 0.3) is 0 Å². The lowest BCUT2D eigenvalue weighted by molar-refractivity contribution is -0.0316.